The van der Waals surface area contributed by atoms with Gasteiger partial charge < -0.3 is 5.32 Å². The molecule has 0 radical (unpaired) electrons. The Morgan fingerprint density at radius 2 is 2.05 bits per heavy atom. The Morgan fingerprint density at radius 3 is 2.63 bits per heavy atom. The minimum absolute atomic E-state index is 0.158. The molecule has 19 heavy (non-hydrogen) atoms. The van der Waals surface area contributed by atoms with Gasteiger partial charge in [-0.2, -0.15) is 0 Å². The van der Waals surface area contributed by atoms with Crippen molar-refractivity contribution in [1.82, 2.24) is 15.2 Å². The molecular formula is C14H18N4O. The lowest BCUT2D eigenvalue weighted by atomic mass is 9.96. The standard InChI is InChI=1S/C14H18N4O/c1-9-6-5-7-10(8-9)15-12(19)11-16-13(18-17-11)14(2,3)4/h5-8H,1-4H3,(H,15,19)(H,16,17,18). The van der Waals surface area contributed by atoms with Crippen molar-refractivity contribution < 1.29 is 4.79 Å². The van der Waals surface area contributed by atoms with E-state index >= 15 is 0 Å². The fourth-order valence-electron chi connectivity index (χ4n) is 1.61. The van der Waals surface area contributed by atoms with Crippen molar-refractivity contribution in [2.75, 3.05) is 5.32 Å². The second kappa shape index (κ2) is 4.84. The van der Waals surface area contributed by atoms with E-state index in [2.05, 4.69) is 20.5 Å². The summed E-state index contributed by atoms with van der Waals surface area (Å²) >= 11 is 0. The lowest BCUT2D eigenvalue weighted by Gasteiger charge is -2.12. The van der Waals surface area contributed by atoms with Gasteiger partial charge >= 0.3 is 0 Å². The van der Waals surface area contributed by atoms with Crippen LogP contribution < -0.4 is 5.32 Å². The molecule has 0 unspecified atom stereocenters. The highest BCUT2D eigenvalue weighted by molar-refractivity contribution is 6.01. The summed E-state index contributed by atoms with van der Waals surface area (Å²) in [7, 11) is 0. The predicted octanol–water partition coefficient (Wildman–Crippen LogP) is 2.66. The third-order valence-corrected chi connectivity index (χ3v) is 2.67. The van der Waals surface area contributed by atoms with Crippen molar-refractivity contribution in [2.45, 2.75) is 33.1 Å². The monoisotopic (exact) mass is 258 g/mol. The average molecular weight is 258 g/mol. The van der Waals surface area contributed by atoms with E-state index in [1.807, 2.05) is 52.0 Å². The van der Waals surface area contributed by atoms with E-state index in [4.69, 9.17) is 0 Å². The Hall–Kier alpha value is -2.17. The number of carbonyl (C=O) groups excluding carboxylic acids is 1. The molecule has 0 atom stereocenters. The summed E-state index contributed by atoms with van der Waals surface area (Å²) in [5.41, 5.74) is 1.67. The molecule has 100 valence electrons. The number of benzene rings is 1. The SMILES string of the molecule is Cc1cccc(NC(=O)c2n[nH]c(C(C)(C)C)n2)c1. The molecule has 5 heteroatoms. The van der Waals surface area contributed by atoms with Gasteiger partial charge in [0.15, 0.2) is 0 Å². The Bertz CT molecular complexity index is 595. The second-order valence-corrected chi connectivity index (χ2v) is 5.58. The molecule has 0 bridgehead atoms. The quantitative estimate of drug-likeness (QED) is 0.870. The van der Waals surface area contributed by atoms with Gasteiger partial charge in [0, 0.05) is 11.1 Å². The molecule has 0 spiro atoms. The number of aryl methyl sites for hydroxylation is 1. The van der Waals surface area contributed by atoms with Gasteiger partial charge in [-0.15, -0.1) is 5.10 Å². The van der Waals surface area contributed by atoms with E-state index < -0.39 is 0 Å². The zero-order valence-corrected chi connectivity index (χ0v) is 11.6. The van der Waals surface area contributed by atoms with Crippen molar-refractivity contribution in [2.24, 2.45) is 0 Å². The summed E-state index contributed by atoms with van der Waals surface area (Å²) in [5.74, 6) is 0.547. The minimum Gasteiger partial charge on any atom is -0.319 e. The van der Waals surface area contributed by atoms with Crippen molar-refractivity contribution in [1.29, 1.82) is 0 Å². The Labute approximate surface area is 112 Å². The molecule has 1 amide bonds. The maximum atomic E-state index is 12.0. The number of carbonyl (C=O) groups is 1. The van der Waals surface area contributed by atoms with Gasteiger partial charge in [0.1, 0.15) is 5.82 Å². The number of nitrogens with zero attached hydrogens (tertiary/aromatic N) is 2. The second-order valence-electron chi connectivity index (χ2n) is 5.58. The van der Waals surface area contributed by atoms with Gasteiger partial charge in [0.2, 0.25) is 5.82 Å². The number of aromatic nitrogens is 3. The number of aromatic amines is 1. The summed E-state index contributed by atoms with van der Waals surface area (Å²) in [6.45, 7) is 8.00. The van der Waals surface area contributed by atoms with Crippen LogP contribution in [0, 0.1) is 6.92 Å². The third kappa shape index (κ3) is 3.19. The van der Waals surface area contributed by atoms with Crippen molar-refractivity contribution in [3.63, 3.8) is 0 Å². The maximum absolute atomic E-state index is 12.0. The predicted molar refractivity (Wildman–Crippen MR) is 74.2 cm³/mol. The fourth-order valence-corrected chi connectivity index (χ4v) is 1.61. The molecule has 0 saturated carbocycles. The number of hydrogen-bond acceptors (Lipinski definition) is 3. The van der Waals surface area contributed by atoms with Crippen molar-refractivity contribution >= 4 is 11.6 Å². The summed E-state index contributed by atoms with van der Waals surface area (Å²) in [5, 5.41) is 9.53. The summed E-state index contributed by atoms with van der Waals surface area (Å²) in [4.78, 5) is 16.2. The third-order valence-electron chi connectivity index (χ3n) is 2.67. The summed E-state index contributed by atoms with van der Waals surface area (Å²) < 4.78 is 0. The number of rotatable bonds is 2. The number of nitrogens with one attached hydrogen (secondary N) is 2. The van der Waals surface area contributed by atoms with Crippen LogP contribution >= 0.6 is 0 Å². The van der Waals surface area contributed by atoms with Crippen LogP contribution in [-0.2, 0) is 5.41 Å². The van der Waals surface area contributed by atoms with Crippen molar-refractivity contribution in [3.8, 4) is 0 Å². The Balaban J connectivity index is 2.14. The molecular weight excluding hydrogens is 240 g/mol. The normalized spacial score (nSPS) is 11.4. The molecule has 0 aliphatic heterocycles. The van der Waals surface area contributed by atoms with Gasteiger partial charge in [-0.25, -0.2) is 4.98 Å². The maximum Gasteiger partial charge on any atom is 0.295 e. The Morgan fingerprint density at radius 1 is 1.32 bits per heavy atom. The van der Waals surface area contributed by atoms with Gasteiger partial charge in [-0.05, 0) is 24.6 Å². The smallest absolute Gasteiger partial charge is 0.295 e. The highest BCUT2D eigenvalue weighted by Crippen LogP contribution is 2.17. The number of H-pyrrole nitrogens is 1. The molecule has 0 aliphatic rings. The molecule has 0 saturated heterocycles. The lowest BCUT2D eigenvalue weighted by Crippen LogP contribution is -2.16. The molecule has 1 aromatic heterocycles. The van der Waals surface area contributed by atoms with Crippen LogP contribution in [0.25, 0.3) is 0 Å². The van der Waals surface area contributed by atoms with E-state index in [1.54, 1.807) is 0 Å². The molecule has 5 nitrogen and oxygen atoms in total. The largest absolute Gasteiger partial charge is 0.319 e. The molecule has 0 aliphatic carbocycles. The first-order valence-corrected chi connectivity index (χ1v) is 6.17. The van der Waals surface area contributed by atoms with Crippen LogP contribution in [0.3, 0.4) is 0 Å². The summed E-state index contributed by atoms with van der Waals surface area (Å²) in [6.07, 6.45) is 0. The fraction of sp³-hybridized carbons (Fsp3) is 0.357. The zero-order chi connectivity index (χ0) is 14.0. The summed E-state index contributed by atoms with van der Waals surface area (Å²) in [6, 6.07) is 7.60. The van der Waals surface area contributed by atoms with E-state index in [-0.39, 0.29) is 17.1 Å². The number of hydrogen-bond donors (Lipinski definition) is 2. The molecule has 0 fully saturated rings. The van der Waals surface area contributed by atoms with Crippen LogP contribution in [0.1, 0.15) is 42.8 Å². The van der Waals surface area contributed by atoms with Crippen LogP contribution in [0.15, 0.2) is 24.3 Å². The highest BCUT2D eigenvalue weighted by Gasteiger charge is 2.21. The van der Waals surface area contributed by atoms with Gasteiger partial charge in [0.05, 0.1) is 0 Å². The van der Waals surface area contributed by atoms with Crippen LogP contribution in [0.4, 0.5) is 5.69 Å². The average Bonchev–Trinajstić information content (AvgIpc) is 2.77. The molecule has 1 aromatic carbocycles. The van der Waals surface area contributed by atoms with E-state index in [1.165, 1.54) is 0 Å². The molecule has 2 aromatic rings. The van der Waals surface area contributed by atoms with Crippen LogP contribution in [-0.4, -0.2) is 21.1 Å². The van der Waals surface area contributed by atoms with Crippen LogP contribution in [0.5, 0.6) is 0 Å². The molecule has 2 N–H and O–H groups in total. The van der Waals surface area contributed by atoms with Gasteiger partial charge in [-0.1, -0.05) is 32.9 Å². The number of anilines is 1. The number of amides is 1. The van der Waals surface area contributed by atoms with Gasteiger partial charge in [-0.3, -0.25) is 9.89 Å². The van der Waals surface area contributed by atoms with E-state index in [0.29, 0.717) is 5.82 Å². The lowest BCUT2D eigenvalue weighted by molar-refractivity contribution is 0.101. The van der Waals surface area contributed by atoms with Gasteiger partial charge in [0.25, 0.3) is 5.91 Å². The van der Waals surface area contributed by atoms with Crippen LogP contribution in [0.2, 0.25) is 0 Å². The van der Waals surface area contributed by atoms with E-state index in [9.17, 15) is 4.79 Å². The molecule has 1 heterocycles. The minimum atomic E-state index is -0.308. The first kappa shape index (κ1) is 13.3. The molecule has 2 rings (SSSR count). The first-order valence-electron chi connectivity index (χ1n) is 6.17. The highest BCUT2D eigenvalue weighted by atomic mass is 16.2. The van der Waals surface area contributed by atoms with Crippen molar-refractivity contribution in [3.05, 3.63) is 41.5 Å². The first-order chi connectivity index (χ1) is 8.86. The van der Waals surface area contributed by atoms with E-state index in [0.717, 1.165) is 11.3 Å². The zero-order valence-electron chi connectivity index (χ0n) is 11.6. The Kier molecular flexibility index (Phi) is 3.38. The topological polar surface area (TPSA) is 70.7 Å².